The first-order valence-corrected chi connectivity index (χ1v) is 13.7. The largest absolute Gasteiger partial charge is 0.339 e. The van der Waals surface area contributed by atoms with Gasteiger partial charge >= 0.3 is 0 Å². The second-order valence-corrected chi connectivity index (χ2v) is 11.1. The number of thiophene rings is 1. The molecule has 2 aromatic carbocycles. The van der Waals surface area contributed by atoms with Gasteiger partial charge in [0.25, 0.3) is 11.8 Å². The van der Waals surface area contributed by atoms with Gasteiger partial charge in [0, 0.05) is 34.6 Å². The Morgan fingerprint density at radius 3 is 2.59 bits per heavy atom. The Morgan fingerprint density at radius 1 is 1.05 bits per heavy atom. The van der Waals surface area contributed by atoms with Crippen molar-refractivity contribution >= 4 is 50.6 Å². The van der Waals surface area contributed by atoms with Gasteiger partial charge in [0.1, 0.15) is 17.5 Å². The van der Waals surface area contributed by atoms with Crippen LogP contribution in [-0.4, -0.2) is 48.9 Å². The van der Waals surface area contributed by atoms with Gasteiger partial charge in [-0.15, -0.1) is 11.3 Å². The number of aromatic nitrogens is 4. The van der Waals surface area contributed by atoms with Crippen LogP contribution in [0.2, 0.25) is 0 Å². The van der Waals surface area contributed by atoms with E-state index in [0.29, 0.717) is 29.4 Å². The summed E-state index contributed by atoms with van der Waals surface area (Å²) in [7, 11) is 0. The molecule has 2 amide bonds. The van der Waals surface area contributed by atoms with Crippen molar-refractivity contribution in [2.24, 2.45) is 0 Å². The van der Waals surface area contributed by atoms with Gasteiger partial charge < -0.3 is 10.2 Å². The molecule has 0 bridgehead atoms. The van der Waals surface area contributed by atoms with E-state index in [-0.39, 0.29) is 11.8 Å². The molecule has 1 N–H and O–H groups in total. The third-order valence-corrected chi connectivity index (χ3v) is 8.69. The Hall–Kier alpha value is -3.89. The minimum atomic E-state index is -0.111. The Labute approximate surface area is 221 Å². The monoisotopic (exact) mass is 528 g/mol. The van der Waals surface area contributed by atoms with Crippen molar-refractivity contribution in [3.05, 3.63) is 88.1 Å². The van der Waals surface area contributed by atoms with Crippen molar-refractivity contribution in [2.75, 3.05) is 18.4 Å². The van der Waals surface area contributed by atoms with Gasteiger partial charge in [0.2, 0.25) is 0 Å². The van der Waals surface area contributed by atoms with Crippen LogP contribution < -0.4 is 5.32 Å². The van der Waals surface area contributed by atoms with Crippen LogP contribution in [0.5, 0.6) is 0 Å². The first kappa shape index (κ1) is 23.5. The van der Waals surface area contributed by atoms with E-state index in [1.165, 1.54) is 34.8 Å². The molecule has 5 aromatic rings. The summed E-state index contributed by atoms with van der Waals surface area (Å²) in [5, 5.41) is 8.20. The maximum Gasteiger partial charge on any atom is 0.265 e. The lowest BCUT2D eigenvalue weighted by Crippen LogP contribution is -2.37. The predicted octanol–water partition coefficient (Wildman–Crippen LogP) is 5.52. The molecule has 186 valence electrons. The molecule has 1 aliphatic rings. The van der Waals surface area contributed by atoms with E-state index < -0.39 is 0 Å². The molecule has 0 unspecified atom stereocenters. The first-order valence-electron chi connectivity index (χ1n) is 12.1. The number of aryl methyl sites for hydroxylation is 1. The van der Waals surface area contributed by atoms with Crippen LogP contribution in [-0.2, 0) is 0 Å². The topological polar surface area (TPSA) is 93.0 Å². The van der Waals surface area contributed by atoms with Crippen molar-refractivity contribution in [1.82, 2.24) is 24.0 Å². The molecule has 0 aliphatic carbocycles. The molecule has 4 heterocycles. The van der Waals surface area contributed by atoms with E-state index in [0.717, 1.165) is 39.3 Å². The Morgan fingerprint density at radius 2 is 1.86 bits per heavy atom. The lowest BCUT2D eigenvalue weighted by molar-refractivity contribution is 0.0713. The highest BCUT2D eigenvalue weighted by Crippen LogP contribution is 2.32. The lowest BCUT2D eigenvalue weighted by atomic mass is 9.89. The van der Waals surface area contributed by atoms with Crippen molar-refractivity contribution in [2.45, 2.75) is 25.7 Å². The number of piperidine rings is 1. The quantitative estimate of drug-likeness (QED) is 0.324. The second kappa shape index (κ2) is 9.87. The van der Waals surface area contributed by atoms with Gasteiger partial charge in [-0.25, -0.2) is 9.67 Å². The fourth-order valence-corrected chi connectivity index (χ4v) is 6.47. The number of nitrogens with zero attached hydrogens (tertiary/aromatic N) is 5. The van der Waals surface area contributed by atoms with Crippen LogP contribution in [0.3, 0.4) is 0 Å². The van der Waals surface area contributed by atoms with Gasteiger partial charge in [-0.1, -0.05) is 18.2 Å². The number of amides is 2. The number of carbonyl (C=O) groups is 2. The SMILES string of the molecule is Cc1snc2sc(C(=O)Nc3ccc(C4CCN(C(=O)c5cccc(-n6cncn6)c5)CC4)cc3)cc12. The van der Waals surface area contributed by atoms with Crippen molar-refractivity contribution in [1.29, 1.82) is 0 Å². The molecule has 10 heteroatoms. The maximum atomic E-state index is 13.1. The first-order chi connectivity index (χ1) is 18.0. The standard InChI is InChI=1S/C27H24N6O2S2/c1-17-23-14-24(36-26(23)31-37-17)25(34)30-21-7-5-18(6-8-21)19-9-11-32(12-10-19)27(35)20-3-2-4-22(13-20)33-16-28-15-29-33/h2-8,13-16,19H,9-12H2,1H3,(H,30,34). The normalized spacial score (nSPS) is 14.2. The second-order valence-electron chi connectivity index (χ2n) is 9.10. The number of hydrogen-bond acceptors (Lipinski definition) is 7. The van der Waals surface area contributed by atoms with Gasteiger partial charge in [-0.3, -0.25) is 9.59 Å². The summed E-state index contributed by atoms with van der Waals surface area (Å²) in [6.07, 6.45) is 4.90. The van der Waals surface area contributed by atoms with Gasteiger partial charge in [0.15, 0.2) is 0 Å². The van der Waals surface area contributed by atoms with Crippen LogP contribution in [0, 0.1) is 6.92 Å². The molecular formula is C27H24N6O2S2. The summed E-state index contributed by atoms with van der Waals surface area (Å²) in [5.41, 5.74) is 3.47. The highest BCUT2D eigenvalue weighted by atomic mass is 32.1. The number of fused-ring (bicyclic) bond motifs is 1. The molecule has 6 rings (SSSR count). The molecule has 8 nitrogen and oxygen atoms in total. The summed E-state index contributed by atoms with van der Waals surface area (Å²) >= 11 is 2.89. The number of likely N-dealkylation sites (tertiary alicyclic amines) is 1. The Kier molecular flexibility index (Phi) is 6.27. The molecule has 0 spiro atoms. The molecule has 1 saturated heterocycles. The van der Waals surface area contributed by atoms with Crippen LogP contribution in [0.25, 0.3) is 15.9 Å². The summed E-state index contributed by atoms with van der Waals surface area (Å²) in [6.45, 7) is 3.43. The number of carbonyl (C=O) groups excluding carboxylic acids is 2. The zero-order valence-electron chi connectivity index (χ0n) is 20.1. The minimum absolute atomic E-state index is 0.0391. The summed E-state index contributed by atoms with van der Waals surface area (Å²) < 4.78 is 6.04. The predicted molar refractivity (Wildman–Crippen MR) is 146 cm³/mol. The Balaban J connectivity index is 1.06. The summed E-state index contributed by atoms with van der Waals surface area (Å²) in [6, 6.07) is 17.5. The number of benzene rings is 2. The highest BCUT2D eigenvalue weighted by Gasteiger charge is 2.25. The molecule has 37 heavy (non-hydrogen) atoms. The van der Waals surface area contributed by atoms with E-state index in [2.05, 4.69) is 31.9 Å². The van der Waals surface area contributed by atoms with Crippen LogP contribution in [0.15, 0.2) is 67.3 Å². The fourth-order valence-electron chi connectivity index (χ4n) is 4.73. The van der Waals surface area contributed by atoms with Gasteiger partial charge in [-0.2, -0.15) is 9.47 Å². The average molecular weight is 529 g/mol. The molecular weight excluding hydrogens is 504 g/mol. The van der Waals surface area contributed by atoms with E-state index in [9.17, 15) is 9.59 Å². The molecule has 1 fully saturated rings. The smallest absolute Gasteiger partial charge is 0.265 e. The fraction of sp³-hybridized carbons (Fsp3) is 0.222. The number of hydrogen-bond donors (Lipinski definition) is 1. The maximum absolute atomic E-state index is 13.1. The third-order valence-electron chi connectivity index (χ3n) is 6.78. The molecule has 3 aromatic heterocycles. The average Bonchev–Trinajstić information content (AvgIpc) is 3.69. The van der Waals surface area contributed by atoms with E-state index in [1.54, 1.807) is 11.0 Å². The zero-order chi connectivity index (χ0) is 25.4. The van der Waals surface area contributed by atoms with Crippen LogP contribution >= 0.6 is 22.9 Å². The van der Waals surface area contributed by atoms with Gasteiger partial charge in [-0.05, 0) is 79.2 Å². The van der Waals surface area contributed by atoms with E-state index in [4.69, 9.17) is 0 Å². The molecule has 0 radical (unpaired) electrons. The van der Waals surface area contributed by atoms with E-state index >= 15 is 0 Å². The number of nitrogens with one attached hydrogen (secondary N) is 1. The van der Waals surface area contributed by atoms with Crippen molar-refractivity contribution < 1.29 is 9.59 Å². The van der Waals surface area contributed by atoms with Crippen LogP contribution in [0.1, 0.15) is 49.2 Å². The molecule has 0 saturated carbocycles. The lowest BCUT2D eigenvalue weighted by Gasteiger charge is -2.32. The van der Waals surface area contributed by atoms with Crippen molar-refractivity contribution in [3.63, 3.8) is 0 Å². The third kappa shape index (κ3) is 4.77. The zero-order valence-corrected chi connectivity index (χ0v) is 21.8. The molecule has 1 aliphatic heterocycles. The number of rotatable bonds is 5. The van der Waals surface area contributed by atoms with Gasteiger partial charge in [0.05, 0.1) is 10.6 Å². The van der Waals surface area contributed by atoms with Crippen molar-refractivity contribution in [3.8, 4) is 5.69 Å². The van der Waals surface area contributed by atoms with E-state index in [1.807, 2.05) is 54.3 Å². The van der Waals surface area contributed by atoms with Crippen LogP contribution in [0.4, 0.5) is 5.69 Å². The summed E-state index contributed by atoms with van der Waals surface area (Å²) in [5.74, 6) is 0.310. The number of anilines is 1. The Bertz CT molecular complexity index is 1560. The summed E-state index contributed by atoms with van der Waals surface area (Å²) in [4.78, 5) is 34.4. The minimum Gasteiger partial charge on any atom is -0.339 e. The molecule has 0 atom stereocenters. The highest BCUT2D eigenvalue weighted by molar-refractivity contribution is 7.22.